The highest BCUT2D eigenvalue weighted by Gasteiger charge is 2.30. The van der Waals surface area contributed by atoms with Crippen LogP contribution < -0.4 is 10.2 Å². The highest BCUT2D eigenvalue weighted by atomic mass is 35.5. The molecule has 0 aromatic carbocycles. The van der Waals surface area contributed by atoms with E-state index in [1.807, 2.05) is 18.0 Å². The molecule has 0 amide bonds. The molecule has 0 spiro atoms. The van der Waals surface area contributed by atoms with Gasteiger partial charge in [0, 0.05) is 19.6 Å². The number of aromatic nitrogens is 2. The van der Waals surface area contributed by atoms with Crippen LogP contribution >= 0.6 is 11.6 Å². The largest absolute Gasteiger partial charge is 0.395 e. The van der Waals surface area contributed by atoms with Crippen molar-refractivity contribution < 1.29 is 5.11 Å². The molecule has 1 aromatic heterocycles. The number of nitrogens with one attached hydrogen (secondary N) is 1. The standard InChI is InChI=1S/C11H14ClN5O/c1-17(7-2-3-7)10-8(6-13)9(12)15-11(16-10)14-4-5-18/h7,18H,2-5H2,1H3,(H,14,15,16). The summed E-state index contributed by atoms with van der Waals surface area (Å²) in [6, 6.07) is 2.46. The van der Waals surface area contributed by atoms with Gasteiger partial charge in [-0.2, -0.15) is 15.2 Å². The highest BCUT2D eigenvalue weighted by Crippen LogP contribution is 2.33. The fourth-order valence-electron chi connectivity index (χ4n) is 1.66. The van der Waals surface area contributed by atoms with E-state index in [1.54, 1.807) is 0 Å². The van der Waals surface area contributed by atoms with E-state index in [0.717, 1.165) is 12.8 Å². The maximum Gasteiger partial charge on any atom is 0.226 e. The molecule has 18 heavy (non-hydrogen) atoms. The Balaban J connectivity index is 2.34. The number of anilines is 2. The maximum absolute atomic E-state index is 9.12. The van der Waals surface area contributed by atoms with E-state index in [2.05, 4.69) is 15.3 Å². The first-order valence-electron chi connectivity index (χ1n) is 5.72. The number of aliphatic hydroxyl groups is 1. The van der Waals surface area contributed by atoms with Crippen LogP contribution in [0.2, 0.25) is 5.15 Å². The smallest absolute Gasteiger partial charge is 0.226 e. The molecule has 2 rings (SSSR count). The van der Waals surface area contributed by atoms with Gasteiger partial charge >= 0.3 is 0 Å². The van der Waals surface area contributed by atoms with Crippen molar-refractivity contribution in [2.45, 2.75) is 18.9 Å². The van der Waals surface area contributed by atoms with Crippen molar-refractivity contribution in [3.8, 4) is 6.07 Å². The van der Waals surface area contributed by atoms with Gasteiger partial charge in [0.1, 0.15) is 11.6 Å². The molecule has 1 aliphatic carbocycles. The third-order valence-corrected chi connectivity index (χ3v) is 3.05. The van der Waals surface area contributed by atoms with E-state index in [0.29, 0.717) is 29.9 Å². The van der Waals surface area contributed by atoms with E-state index < -0.39 is 0 Å². The van der Waals surface area contributed by atoms with Gasteiger partial charge in [-0.05, 0) is 12.8 Å². The van der Waals surface area contributed by atoms with Crippen LogP contribution in [0, 0.1) is 11.3 Å². The molecule has 0 bridgehead atoms. The molecule has 7 heteroatoms. The summed E-state index contributed by atoms with van der Waals surface area (Å²) in [4.78, 5) is 10.2. The minimum Gasteiger partial charge on any atom is -0.395 e. The van der Waals surface area contributed by atoms with Crippen molar-refractivity contribution in [2.75, 3.05) is 30.4 Å². The van der Waals surface area contributed by atoms with Gasteiger partial charge in [0.25, 0.3) is 0 Å². The molecule has 6 nitrogen and oxygen atoms in total. The van der Waals surface area contributed by atoms with E-state index in [-0.39, 0.29) is 11.8 Å². The van der Waals surface area contributed by atoms with Crippen molar-refractivity contribution >= 4 is 23.4 Å². The number of nitrogens with zero attached hydrogens (tertiary/aromatic N) is 4. The molecule has 1 aliphatic rings. The molecule has 0 atom stereocenters. The van der Waals surface area contributed by atoms with Gasteiger partial charge in [-0.25, -0.2) is 0 Å². The lowest BCUT2D eigenvalue weighted by Crippen LogP contribution is -2.23. The normalized spacial score (nSPS) is 14.1. The van der Waals surface area contributed by atoms with Crippen LogP contribution in [0.1, 0.15) is 18.4 Å². The monoisotopic (exact) mass is 267 g/mol. The Morgan fingerprint density at radius 1 is 1.56 bits per heavy atom. The molecule has 96 valence electrons. The van der Waals surface area contributed by atoms with Crippen LogP contribution in [0.25, 0.3) is 0 Å². The number of rotatable bonds is 5. The van der Waals surface area contributed by atoms with E-state index in [1.165, 1.54) is 0 Å². The number of nitriles is 1. The fraction of sp³-hybridized carbons (Fsp3) is 0.545. The zero-order valence-electron chi connectivity index (χ0n) is 10.0. The highest BCUT2D eigenvalue weighted by molar-refractivity contribution is 6.31. The zero-order valence-corrected chi connectivity index (χ0v) is 10.8. The Hall–Kier alpha value is -1.58. The topological polar surface area (TPSA) is 85.1 Å². The number of halogens is 1. The molecule has 0 saturated heterocycles. The van der Waals surface area contributed by atoms with Gasteiger partial charge in [-0.1, -0.05) is 11.6 Å². The molecule has 1 saturated carbocycles. The summed E-state index contributed by atoms with van der Waals surface area (Å²) >= 11 is 5.98. The van der Waals surface area contributed by atoms with Gasteiger partial charge < -0.3 is 15.3 Å². The average molecular weight is 268 g/mol. The van der Waals surface area contributed by atoms with Crippen LogP contribution in [-0.4, -0.2) is 41.3 Å². The number of hydrogen-bond donors (Lipinski definition) is 2. The third kappa shape index (κ3) is 2.63. The Bertz CT molecular complexity index is 483. The molecule has 1 heterocycles. The zero-order chi connectivity index (χ0) is 13.1. The Labute approximate surface area is 110 Å². The summed E-state index contributed by atoms with van der Waals surface area (Å²) in [5, 5.41) is 20.9. The molecule has 0 unspecified atom stereocenters. The minimum atomic E-state index is -0.0191. The van der Waals surface area contributed by atoms with Crippen LogP contribution in [0.5, 0.6) is 0 Å². The summed E-state index contributed by atoms with van der Waals surface area (Å²) in [5.41, 5.74) is 0.292. The summed E-state index contributed by atoms with van der Waals surface area (Å²) in [6.45, 7) is 0.323. The van der Waals surface area contributed by atoms with E-state index in [9.17, 15) is 0 Å². The van der Waals surface area contributed by atoms with Gasteiger partial charge in [-0.3, -0.25) is 0 Å². The molecular weight excluding hydrogens is 254 g/mol. The molecule has 0 aliphatic heterocycles. The van der Waals surface area contributed by atoms with Crippen LogP contribution in [-0.2, 0) is 0 Å². The summed E-state index contributed by atoms with van der Waals surface area (Å²) in [5.74, 6) is 0.871. The molecule has 1 aromatic rings. The van der Waals surface area contributed by atoms with Crippen LogP contribution in [0.4, 0.5) is 11.8 Å². The minimum absolute atomic E-state index is 0.0191. The van der Waals surface area contributed by atoms with Crippen molar-refractivity contribution in [2.24, 2.45) is 0 Å². The second-order valence-electron chi connectivity index (χ2n) is 4.14. The van der Waals surface area contributed by atoms with Crippen LogP contribution in [0.3, 0.4) is 0 Å². The molecule has 0 radical (unpaired) electrons. The second-order valence-corrected chi connectivity index (χ2v) is 4.50. The maximum atomic E-state index is 9.12. The number of aliphatic hydroxyl groups excluding tert-OH is 1. The summed E-state index contributed by atoms with van der Waals surface area (Å²) in [7, 11) is 1.90. The van der Waals surface area contributed by atoms with Crippen molar-refractivity contribution in [3.63, 3.8) is 0 Å². The average Bonchev–Trinajstić information content (AvgIpc) is 3.19. The lowest BCUT2D eigenvalue weighted by atomic mass is 10.3. The third-order valence-electron chi connectivity index (χ3n) is 2.78. The SMILES string of the molecule is CN(c1nc(NCCO)nc(Cl)c1C#N)C1CC1. The first-order valence-corrected chi connectivity index (χ1v) is 6.10. The lowest BCUT2D eigenvalue weighted by molar-refractivity contribution is 0.311. The predicted molar refractivity (Wildman–Crippen MR) is 68.8 cm³/mol. The van der Waals surface area contributed by atoms with Crippen molar-refractivity contribution in [1.29, 1.82) is 5.26 Å². The molecular formula is C11H14ClN5O. The second kappa shape index (κ2) is 5.38. The first-order chi connectivity index (χ1) is 8.67. The summed E-state index contributed by atoms with van der Waals surface area (Å²) in [6.07, 6.45) is 2.20. The molecule has 2 N–H and O–H groups in total. The number of hydrogen-bond acceptors (Lipinski definition) is 6. The first kappa shape index (κ1) is 12.9. The summed E-state index contributed by atoms with van der Waals surface area (Å²) < 4.78 is 0. The van der Waals surface area contributed by atoms with Gasteiger partial charge in [0.15, 0.2) is 11.0 Å². The Kier molecular flexibility index (Phi) is 3.84. The lowest BCUT2D eigenvalue weighted by Gasteiger charge is -2.19. The quantitative estimate of drug-likeness (QED) is 0.775. The molecule has 1 fully saturated rings. The van der Waals surface area contributed by atoms with Crippen LogP contribution in [0.15, 0.2) is 0 Å². The Morgan fingerprint density at radius 2 is 2.28 bits per heavy atom. The van der Waals surface area contributed by atoms with Gasteiger partial charge in [-0.15, -0.1) is 0 Å². The van der Waals surface area contributed by atoms with E-state index in [4.69, 9.17) is 22.0 Å². The van der Waals surface area contributed by atoms with Crippen molar-refractivity contribution in [3.05, 3.63) is 10.7 Å². The van der Waals surface area contributed by atoms with E-state index >= 15 is 0 Å². The fourth-order valence-corrected chi connectivity index (χ4v) is 1.86. The predicted octanol–water partition coefficient (Wildman–Crippen LogP) is 1.00. The van der Waals surface area contributed by atoms with Gasteiger partial charge in [0.05, 0.1) is 6.61 Å². The van der Waals surface area contributed by atoms with Gasteiger partial charge in [0.2, 0.25) is 5.95 Å². The Morgan fingerprint density at radius 3 is 2.83 bits per heavy atom. The van der Waals surface area contributed by atoms with Crippen molar-refractivity contribution in [1.82, 2.24) is 9.97 Å².